The fourth-order valence-electron chi connectivity index (χ4n) is 1.28. The number of amides is 1. The Morgan fingerprint density at radius 2 is 2.27 bits per heavy atom. The van der Waals surface area contributed by atoms with Gasteiger partial charge in [0, 0.05) is 18.3 Å². The first kappa shape index (κ1) is 12.6. The van der Waals surface area contributed by atoms with Crippen LogP contribution in [-0.4, -0.2) is 49.5 Å². The number of nitrogens with one attached hydrogen (secondary N) is 2. The molecule has 3 N–H and O–H groups in total. The highest BCUT2D eigenvalue weighted by Crippen LogP contribution is 2.12. The summed E-state index contributed by atoms with van der Waals surface area (Å²) in [7, 11) is -3.95. The van der Waals surface area contributed by atoms with Gasteiger partial charge in [0.1, 0.15) is 0 Å². The Balaban J connectivity index is 2.33. The average Bonchev–Trinajstić information content (AvgIpc) is 2.46. The van der Waals surface area contributed by atoms with E-state index >= 15 is 0 Å². The molecule has 0 aromatic rings. The van der Waals surface area contributed by atoms with Crippen LogP contribution in [0.25, 0.3) is 0 Å². The lowest BCUT2D eigenvalue weighted by Gasteiger charge is -2.15. The second kappa shape index (κ2) is 5.01. The summed E-state index contributed by atoms with van der Waals surface area (Å²) in [5, 5.41) is 8.48. The Labute approximate surface area is 93.4 Å². The van der Waals surface area contributed by atoms with E-state index in [1.54, 1.807) is 0 Å². The molecular weight excluding hydrogens is 242 g/mol. The van der Waals surface area contributed by atoms with E-state index in [0.29, 0.717) is 6.54 Å². The summed E-state index contributed by atoms with van der Waals surface area (Å²) >= 11 is 4.24. The molecule has 1 saturated heterocycles. The zero-order chi connectivity index (χ0) is 11.5. The number of hydrogen-bond donors (Lipinski definition) is 4. The molecule has 15 heavy (non-hydrogen) atoms. The van der Waals surface area contributed by atoms with Gasteiger partial charge in [-0.1, -0.05) is 0 Å². The van der Waals surface area contributed by atoms with Crippen LogP contribution in [0.2, 0.25) is 0 Å². The van der Waals surface area contributed by atoms with Gasteiger partial charge < -0.3 is 5.11 Å². The molecule has 0 aliphatic carbocycles. The normalized spacial score (nSPS) is 22.9. The van der Waals surface area contributed by atoms with Crippen LogP contribution in [0, 0.1) is 0 Å². The van der Waals surface area contributed by atoms with Gasteiger partial charge in [0.15, 0.2) is 0 Å². The molecule has 0 aromatic heterocycles. The van der Waals surface area contributed by atoms with Gasteiger partial charge in [-0.05, 0) is 6.42 Å². The lowest BCUT2D eigenvalue weighted by atomic mass is 10.4. The molecule has 1 aliphatic heterocycles. The second-order valence-corrected chi connectivity index (χ2v) is 5.46. The van der Waals surface area contributed by atoms with Crippen LogP contribution in [0.5, 0.6) is 0 Å². The molecule has 1 fully saturated rings. The highest BCUT2D eigenvalue weighted by atomic mass is 32.2. The molecule has 7 nitrogen and oxygen atoms in total. The van der Waals surface area contributed by atoms with E-state index < -0.39 is 16.3 Å². The molecule has 1 atom stereocenters. The maximum Gasteiger partial charge on any atom is 0.419 e. The van der Waals surface area contributed by atoms with Crippen LogP contribution in [0.3, 0.4) is 0 Å². The summed E-state index contributed by atoms with van der Waals surface area (Å²) < 4.78 is 25.6. The first-order chi connectivity index (χ1) is 6.89. The molecule has 0 bridgehead atoms. The third kappa shape index (κ3) is 4.69. The molecule has 1 aliphatic rings. The Kier molecular flexibility index (Phi) is 4.20. The van der Waals surface area contributed by atoms with Gasteiger partial charge in [0.2, 0.25) is 0 Å². The lowest BCUT2D eigenvalue weighted by Crippen LogP contribution is -2.44. The molecule has 1 amide bonds. The Morgan fingerprint density at radius 1 is 1.60 bits per heavy atom. The molecule has 0 aromatic carbocycles. The first-order valence-corrected chi connectivity index (χ1v) is 6.30. The minimum atomic E-state index is -3.95. The van der Waals surface area contributed by atoms with Gasteiger partial charge in [-0.3, -0.25) is 4.90 Å². The van der Waals surface area contributed by atoms with Crippen molar-refractivity contribution >= 4 is 28.9 Å². The lowest BCUT2D eigenvalue weighted by molar-refractivity contribution is 0.200. The second-order valence-electron chi connectivity index (χ2n) is 3.23. The SMILES string of the molecule is O=C(O)NS(=O)(=O)NCN1CCC(S)C1. The minimum absolute atomic E-state index is 0.0969. The van der Waals surface area contributed by atoms with Gasteiger partial charge in [-0.2, -0.15) is 25.8 Å². The Hall–Kier alpha value is -0.510. The third-order valence-electron chi connectivity index (χ3n) is 1.95. The highest BCUT2D eigenvalue weighted by Gasteiger charge is 2.21. The fraction of sp³-hybridized carbons (Fsp3) is 0.833. The van der Waals surface area contributed by atoms with Gasteiger partial charge in [0.25, 0.3) is 0 Å². The summed E-state index contributed by atoms with van der Waals surface area (Å²) in [5.74, 6) is 0. The zero-order valence-electron chi connectivity index (χ0n) is 7.88. The van der Waals surface area contributed by atoms with E-state index in [2.05, 4.69) is 17.4 Å². The van der Waals surface area contributed by atoms with E-state index in [0.717, 1.165) is 13.0 Å². The van der Waals surface area contributed by atoms with Crippen LogP contribution < -0.4 is 9.44 Å². The summed E-state index contributed by atoms with van der Waals surface area (Å²) in [4.78, 5) is 12.0. The van der Waals surface area contributed by atoms with E-state index in [1.165, 1.54) is 4.72 Å². The topological polar surface area (TPSA) is 98.7 Å². The van der Waals surface area contributed by atoms with Crippen LogP contribution >= 0.6 is 12.6 Å². The Morgan fingerprint density at radius 3 is 2.73 bits per heavy atom. The standard InChI is InChI=1S/C6H13N3O4S2/c10-6(11)8-15(12,13)7-4-9-2-1-5(14)3-9/h5,7-8,14H,1-4H2,(H,10,11). The average molecular weight is 255 g/mol. The molecule has 1 heterocycles. The number of carbonyl (C=O) groups is 1. The van der Waals surface area contributed by atoms with Gasteiger partial charge >= 0.3 is 16.3 Å². The quantitative estimate of drug-likeness (QED) is 0.485. The predicted molar refractivity (Wildman–Crippen MR) is 57.0 cm³/mol. The largest absolute Gasteiger partial charge is 0.464 e. The fourth-order valence-corrected chi connectivity index (χ4v) is 2.28. The van der Waals surface area contributed by atoms with Crippen LogP contribution in [0.15, 0.2) is 0 Å². The number of carboxylic acid groups (broad SMARTS) is 1. The first-order valence-electron chi connectivity index (χ1n) is 4.30. The van der Waals surface area contributed by atoms with Crippen molar-refractivity contribution in [3.8, 4) is 0 Å². The van der Waals surface area contributed by atoms with Crippen molar-refractivity contribution in [2.24, 2.45) is 0 Å². The molecule has 9 heteroatoms. The molecule has 1 unspecified atom stereocenters. The van der Waals surface area contributed by atoms with Crippen molar-refractivity contribution in [3.05, 3.63) is 0 Å². The maximum absolute atomic E-state index is 11.0. The number of nitrogens with zero attached hydrogens (tertiary/aromatic N) is 1. The van der Waals surface area contributed by atoms with E-state index in [-0.39, 0.29) is 11.9 Å². The van der Waals surface area contributed by atoms with Crippen LogP contribution in [-0.2, 0) is 10.2 Å². The predicted octanol–water partition coefficient (Wildman–Crippen LogP) is -0.950. The number of likely N-dealkylation sites (tertiary alicyclic amines) is 1. The molecular formula is C6H13N3O4S2. The van der Waals surface area contributed by atoms with Gasteiger partial charge in [-0.15, -0.1) is 0 Å². The molecule has 1 rings (SSSR count). The maximum atomic E-state index is 11.0. The van der Waals surface area contributed by atoms with Crippen molar-refractivity contribution < 1.29 is 18.3 Å². The summed E-state index contributed by atoms with van der Waals surface area (Å²) in [6, 6.07) is 0. The van der Waals surface area contributed by atoms with Crippen molar-refractivity contribution in [2.75, 3.05) is 19.8 Å². The molecule has 0 radical (unpaired) electrons. The zero-order valence-corrected chi connectivity index (χ0v) is 9.59. The van der Waals surface area contributed by atoms with Crippen molar-refractivity contribution in [3.63, 3.8) is 0 Å². The summed E-state index contributed by atoms with van der Waals surface area (Å²) in [5.41, 5.74) is 0. The van der Waals surface area contributed by atoms with Gasteiger partial charge in [0.05, 0.1) is 6.67 Å². The van der Waals surface area contributed by atoms with Crippen LogP contribution in [0.4, 0.5) is 4.79 Å². The van der Waals surface area contributed by atoms with E-state index in [1.807, 2.05) is 4.90 Å². The minimum Gasteiger partial charge on any atom is -0.464 e. The van der Waals surface area contributed by atoms with Crippen LogP contribution in [0.1, 0.15) is 6.42 Å². The number of rotatable bonds is 4. The summed E-state index contributed by atoms with van der Waals surface area (Å²) in [6.07, 6.45) is -0.701. The van der Waals surface area contributed by atoms with Crippen molar-refractivity contribution in [1.82, 2.24) is 14.3 Å². The monoisotopic (exact) mass is 255 g/mol. The molecule has 88 valence electrons. The molecule has 0 saturated carbocycles. The van der Waals surface area contributed by atoms with E-state index in [4.69, 9.17) is 5.11 Å². The van der Waals surface area contributed by atoms with E-state index in [9.17, 15) is 13.2 Å². The summed E-state index contributed by atoms with van der Waals surface area (Å²) in [6.45, 7) is 1.54. The molecule has 0 spiro atoms. The number of hydrogen-bond acceptors (Lipinski definition) is 5. The smallest absolute Gasteiger partial charge is 0.419 e. The van der Waals surface area contributed by atoms with Gasteiger partial charge in [-0.25, -0.2) is 9.52 Å². The van der Waals surface area contributed by atoms with Crippen molar-refractivity contribution in [1.29, 1.82) is 0 Å². The third-order valence-corrected chi connectivity index (χ3v) is 3.32. The van der Waals surface area contributed by atoms with Crippen molar-refractivity contribution in [2.45, 2.75) is 11.7 Å². The number of thiol groups is 1. The highest BCUT2D eigenvalue weighted by molar-refractivity contribution is 7.88. The Bertz CT molecular complexity index is 331.